The van der Waals surface area contributed by atoms with Gasteiger partial charge in [0.25, 0.3) is 0 Å². The van der Waals surface area contributed by atoms with Gasteiger partial charge in [-0.25, -0.2) is 0 Å². The standard InChI is InChI=1S/C21H28O4S/c1-4-5-8-20-14(7-10-25-19(20)24)16(26-3)18(23)21-9-6-13(11-15(20)21)12(2)17(21)22/h13-16H,2,4-11H2,1,3H3/t13-,14?,15+,16-,20-,21-/m0/s1. The first-order chi connectivity index (χ1) is 12.4. The summed E-state index contributed by atoms with van der Waals surface area (Å²) in [5.74, 6) is -0.223. The Morgan fingerprint density at radius 3 is 2.73 bits per heavy atom. The molecule has 1 aliphatic heterocycles. The van der Waals surface area contributed by atoms with Crippen LogP contribution >= 0.6 is 11.8 Å². The van der Waals surface area contributed by atoms with Gasteiger partial charge in [-0.05, 0) is 61.7 Å². The van der Waals surface area contributed by atoms with Gasteiger partial charge < -0.3 is 4.74 Å². The molecular formula is C21H28O4S. The van der Waals surface area contributed by atoms with E-state index in [0.717, 1.165) is 38.5 Å². The number of hydrogen-bond donors (Lipinski definition) is 0. The first-order valence-corrected chi connectivity index (χ1v) is 11.2. The Morgan fingerprint density at radius 2 is 2.04 bits per heavy atom. The lowest BCUT2D eigenvalue weighted by atomic mass is 9.39. The number of fused-ring (bicyclic) bond motifs is 3. The maximum atomic E-state index is 13.7. The quantitative estimate of drug-likeness (QED) is 0.426. The van der Waals surface area contributed by atoms with Gasteiger partial charge >= 0.3 is 5.97 Å². The predicted octanol–water partition coefficient (Wildman–Crippen LogP) is 3.58. The van der Waals surface area contributed by atoms with Crippen molar-refractivity contribution >= 4 is 29.3 Å². The number of unbranched alkanes of at least 4 members (excludes halogenated alkanes) is 1. The van der Waals surface area contributed by atoms with E-state index in [1.54, 1.807) is 0 Å². The highest BCUT2D eigenvalue weighted by molar-refractivity contribution is 8.00. The Morgan fingerprint density at radius 1 is 1.27 bits per heavy atom. The smallest absolute Gasteiger partial charge is 0.312 e. The number of Topliss-reactive ketones (excluding diaryl/α,β-unsaturated/α-hetero) is 2. The fourth-order valence-corrected chi connectivity index (χ4v) is 7.71. The van der Waals surface area contributed by atoms with Gasteiger partial charge in [-0.1, -0.05) is 26.3 Å². The minimum Gasteiger partial charge on any atom is -0.465 e. The molecule has 142 valence electrons. The number of cyclic esters (lactones) is 1. The van der Waals surface area contributed by atoms with Crippen LogP contribution in [-0.4, -0.2) is 35.6 Å². The zero-order chi connectivity index (χ0) is 18.7. The van der Waals surface area contributed by atoms with Gasteiger partial charge in [0.05, 0.1) is 22.7 Å². The van der Waals surface area contributed by atoms with E-state index in [0.29, 0.717) is 18.6 Å². The van der Waals surface area contributed by atoms with E-state index in [-0.39, 0.29) is 40.5 Å². The van der Waals surface area contributed by atoms with Gasteiger partial charge in [0.1, 0.15) is 0 Å². The van der Waals surface area contributed by atoms with Crippen molar-refractivity contribution in [2.75, 3.05) is 12.9 Å². The number of hydrogen-bond acceptors (Lipinski definition) is 5. The third kappa shape index (κ3) is 2.01. The van der Waals surface area contributed by atoms with Crippen molar-refractivity contribution in [3.05, 3.63) is 12.2 Å². The number of allylic oxidation sites excluding steroid dienone is 1. The molecule has 1 spiro atoms. The molecule has 2 bridgehead atoms. The van der Waals surface area contributed by atoms with Crippen LogP contribution in [0.5, 0.6) is 0 Å². The van der Waals surface area contributed by atoms with Gasteiger partial charge in [-0.2, -0.15) is 11.8 Å². The van der Waals surface area contributed by atoms with Gasteiger partial charge in [0, 0.05) is 0 Å². The van der Waals surface area contributed by atoms with Crippen molar-refractivity contribution in [2.45, 2.75) is 57.1 Å². The maximum absolute atomic E-state index is 13.7. The number of ketones is 2. The molecule has 5 aliphatic rings. The largest absolute Gasteiger partial charge is 0.465 e. The molecule has 0 aromatic carbocycles. The molecule has 1 unspecified atom stereocenters. The van der Waals surface area contributed by atoms with E-state index < -0.39 is 10.8 Å². The average Bonchev–Trinajstić information content (AvgIpc) is 2.65. The van der Waals surface area contributed by atoms with Crippen LogP contribution in [-0.2, 0) is 19.1 Å². The molecule has 6 atom stereocenters. The molecule has 1 heterocycles. The molecular weight excluding hydrogens is 348 g/mol. The van der Waals surface area contributed by atoms with Crippen molar-refractivity contribution in [3.63, 3.8) is 0 Å². The van der Waals surface area contributed by atoms with Crippen LogP contribution in [0.2, 0.25) is 0 Å². The predicted molar refractivity (Wildman–Crippen MR) is 101 cm³/mol. The lowest BCUT2D eigenvalue weighted by molar-refractivity contribution is -0.200. The zero-order valence-electron chi connectivity index (χ0n) is 15.7. The van der Waals surface area contributed by atoms with Crippen LogP contribution in [0.4, 0.5) is 0 Å². The normalized spacial score (nSPS) is 44.5. The van der Waals surface area contributed by atoms with Crippen molar-refractivity contribution in [1.29, 1.82) is 0 Å². The second-order valence-electron chi connectivity index (χ2n) is 8.55. The third-order valence-corrected chi connectivity index (χ3v) is 8.83. The van der Waals surface area contributed by atoms with Crippen molar-refractivity contribution in [2.24, 2.45) is 28.6 Å². The summed E-state index contributed by atoms with van der Waals surface area (Å²) in [6.45, 7) is 6.55. The molecule has 4 aliphatic carbocycles. The Kier molecular flexibility index (Phi) is 4.37. The third-order valence-electron chi connectivity index (χ3n) is 7.78. The Bertz CT molecular complexity index is 685. The summed E-state index contributed by atoms with van der Waals surface area (Å²) in [7, 11) is 0. The molecule has 0 aromatic rings. The summed E-state index contributed by atoms with van der Waals surface area (Å²) in [6.07, 6.45) is 7.50. The summed E-state index contributed by atoms with van der Waals surface area (Å²) in [4.78, 5) is 40.3. The molecule has 1 saturated heterocycles. The Hall–Kier alpha value is -1.10. The van der Waals surface area contributed by atoms with Crippen molar-refractivity contribution < 1.29 is 19.1 Å². The molecule has 26 heavy (non-hydrogen) atoms. The van der Waals surface area contributed by atoms with Crippen molar-refractivity contribution in [3.8, 4) is 0 Å². The van der Waals surface area contributed by atoms with Crippen molar-refractivity contribution in [1.82, 2.24) is 0 Å². The fourth-order valence-electron chi connectivity index (χ4n) is 6.58. The summed E-state index contributed by atoms with van der Waals surface area (Å²) in [5.41, 5.74) is -1.08. The number of carbonyl (C=O) groups excluding carboxylic acids is 3. The van der Waals surface area contributed by atoms with E-state index in [1.807, 2.05) is 6.26 Å². The topological polar surface area (TPSA) is 60.4 Å². The number of rotatable bonds is 4. The highest BCUT2D eigenvalue weighted by Crippen LogP contribution is 2.68. The highest BCUT2D eigenvalue weighted by Gasteiger charge is 2.74. The van der Waals surface area contributed by atoms with Crippen LogP contribution in [0.1, 0.15) is 51.9 Å². The summed E-state index contributed by atoms with van der Waals surface area (Å²) >= 11 is 1.52. The lowest BCUT2D eigenvalue weighted by Gasteiger charge is -2.64. The first-order valence-electron chi connectivity index (χ1n) is 9.93. The number of esters is 1. The van der Waals surface area contributed by atoms with Gasteiger partial charge in [0.2, 0.25) is 0 Å². The second kappa shape index (κ2) is 6.22. The molecule has 0 amide bonds. The minimum absolute atomic E-state index is 0.00570. The van der Waals surface area contributed by atoms with Crippen LogP contribution in [0, 0.1) is 28.6 Å². The minimum atomic E-state index is -1.03. The molecule has 5 fully saturated rings. The first kappa shape index (κ1) is 18.3. The summed E-state index contributed by atoms with van der Waals surface area (Å²) in [5, 5.41) is -0.289. The van der Waals surface area contributed by atoms with Crippen LogP contribution in [0.15, 0.2) is 12.2 Å². The summed E-state index contributed by atoms with van der Waals surface area (Å²) in [6, 6.07) is 0. The molecule has 4 nitrogen and oxygen atoms in total. The van der Waals surface area contributed by atoms with Gasteiger partial charge in [0.15, 0.2) is 11.6 Å². The van der Waals surface area contributed by atoms with E-state index in [1.165, 1.54) is 11.8 Å². The maximum Gasteiger partial charge on any atom is 0.312 e. The lowest BCUT2D eigenvalue weighted by Crippen LogP contribution is -2.71. The number of carbonyl (C=O) groups is 3. The number of ether oxygens (including phenoxy) is 1. The van der Waals surface area contributed by atoms with E-state index in [9.17, 15) is 14.4 Å². The monoisotopic (exact) mass is 376 g/mol. The van der Waals surface area contributed by atoms with E-state index >= 15 is 0 Å². The molecule has 5 rings (SSSR count). The van der Waals surface area contributed by atoms with Crippen LogP contribution in [0.25, 0.3) is 0 Å². The highest BCUT2D eigenvalue weighted by atomic mass is 32.2. The zero-order valence-corrected chi connectivity index (χ0v) is 16.5. The molecule has 0 N–H and O–H groups in total. The van der Waals surface area contributed by atoms with Crippen LogP contribution < -0.4 is 0 Å². The van der Waals surface area contributed by atoms with E-state index in [2.05, 4.69) is 13.5 Å². The molecule has 4 saturated carbocycles. The fraction of sp³-hybridized carbons (Fsp3) is 0.762. The number of thioether (sulfide) groups is 1. The second-order valence-corrected chi connectivity index (χ2v) is 9.52. The van der Waals surface area contributed by atoms with E-state index in [4.69, 9.17) is 4.74 Å². The summed E-state index contributed by atoms with van der Waals surface area (Å²) < 4.78 is 5.60. The SMILES string of the molecule is C=C1C(=O)[C@]23CC[C@H]1C[C@@H]2[C@@]1(CCCC)C(=O)OCCC1[C@H](SC)C3=O. The van der Waals surface area contributed by atoms with Crippen LogP contribution in [0.3, 0.4) is 0 Å². The molecule has 5 heteroatoms. The molecule has 0 radical (unpaired) electrons. The molecule has 0 aromatic heterocycles. The van der Waals surface area contributed by atoms with Gasteiger partial charge in [-0.3, -0.25) is 14.4 Å². The Labute approximate surface area is 159 Å². The Balaban J connectivity index is 1.92. The van der Waals surface area contributed by atoms with Gasteiger partial charge in [-0.15, -0.1) is 0 Å². The average molecular weight is 377 g/mol.